The number of rotatable bonds is 10. The smallest absolute Gasteiger partial charge is 0.410 e. The lowest BCUT2D eigenvalue weighted by atomic mass is 10.2. The van der Waals surface area contributed by atoms with Crippen molar-refractivity contribution in [1.29, 1.82) is 0 Å². The Kier molecular flexibility index (Phi) is 11.0. The number of hydrogen-bond acceptors (Lipinski definition) is 6. The third-order valence-corrected chi connectivity index (χ3v) is 4.67. The molecule has 0 bridgehead atoms. The second kappa shape index (κ2) is 12.1. The van der Waals surface area contributed by atoms with E-state index in [4.69, 9.17) is 9.47 Å². The van der Waals surface area contributed by atoms with Gasteiger partial charge in [0.1, 0.15) is 24.7 Å². The van der Waals surface area contributed by atoms with E-state index in [1.807, 2.05) is 13.8 Å². The van der Waals surface area contributed by atoms with E-state index < -0.39 is 42.0 Å². The molecular formula is C20H35N3O6. The molecule has 3 atom stereocenters. The zero-order chi connectivity index (χ0) is 22.9. The fourth-order valence-corrected chi connectivity index (χ4v) is 2.22. The molecule has 0 aromatic rings. The summed E-state index contributed by atoms with van der Waals surface area (Å²) in [6, 6.07) is -2.47. The van der Waals surface area contributed by atoms with Crippen LogP contribution < -0.4 is 0 Å². The van der Waals surface area contributed by atoms with E-state index in [-0.39, 0.29) is 19.1 Å². The molecule has 29 heavy (non-hydrogen) atoms. The second-order valence-corrected chi connectivity index (χ2v) is 7.43. The summed E-state index contributed by atoms with van der Waals surface area (Å²) < 4.78 is 10.1. The molecule has 0 fully saturated rings. The zero-order valence-corrected chi connectivity index (χ0v) is 18.8. The lowest BCUT2D eigenvalue weighted by Crippen LogP contribution is -2.55. The molecule has 3 unspecified atom stereocenters. The van der Waals surface area contributed by atoms with Gasteiger partial charge in [-0.15, -0.1) is 0 Å². The first-order valence-corrected chi connectivity index (χ1v) is 9.57. The second-order valence-electron chi connectivity index (χ2n) is 7.43. The van der Waals surface area contributed by atoms with Crippen molar-refractivity contribution in [3.63, 3.8) is 0 Å². The van der Waals surface area contributed by atoms with Gasteiger partial charge in [0.2, 0.25) is 11.8 Å². The largest absolute Gasteiger partial charge is 0.464 e. The van der Waals surface area contributed by atoms with Crippen LogP contribution in [-0.4, -0.2) is 91.1 Å². The maximum absolute atomic E-state index is 12.7. The summed E-state index contributed by atoms with van der Waals surface area (Å²) in [7, 11) is 4.40. The molecule has 3 amide bonds. The van der Waals surface area contributed by atoms with E-state index in [0.717, 1.165) is 4.90 Å². The minimum Gasteiger partial charge on any atom is -0.464 e. The Hall–Kier alpha value is -2.58. The average Bonchev–Trinajstić information content (AvgIpc) is 2.70. The number of amides is 3. The maximum Gasteiger partial charge on any atom is 0.410 e. The van der Waals surface area contributed by atoms with Crippen molar-refractivity contribution in [1.82, 2.24) is 14.7 Å². The first kappa shape index (κ1) is 26.4. The maximum atomic E-state index is 12.7. The quantitative estimate of drug-likeness (QED) is 0.398. The molecule has 0 saturated heterocycles. The van der Waals surface area contributed by atoms with Gasteiger partial charge in [-0.3, -0.25) is 14.5 Å². The molecule has 0 aliphatic heterocycles. The number of ether oxygens (including phenoxy) is 2. The molecule has 9 nitrogen and oxygen atoms in total. The normalized spacial score (nSPS) is 13.7. The Labute approximate surface area is 173 Å². The minimum atomic E-state index is -0.841. The number of esters is 1. The zero-order valence-electron chi connectivity index (χ0n) is 18.8. The van der Waals surface area contributed by atoms with E-state index in [0.29, 0.717) is 0 Å². The molecule has 0 aromatic carbocycles. The Morgan fingerprint density at radius 2 is 1.24 bits per heavy atom. The Morgan fingerprint density at radius 3 is 1.69 bits per heavy atom. The van der Waals surface area contributed by atoms with Crippen molar-refractivity contribution in [2.75, 3.05) is 34.4 Å². The fraction of sp³-hybridized carbons (Fsp3) is 0.700. The van der Waals surface area contributed by atoms with E-state index in [1.54, 1.807) is 20.8 Å². The highest BCUT2D eigenvalue weighted by atomic mass is 16.6. The molecule has 0 N–H and O–H groups in total. The molecule has 9 heteroatoms. The van der Waals surface area contributed by atoms with Crippen molar-refractivity contribution >= 4 is 23.9 Å². The molecule has 0 rings (SSSR count). The van der Waals surface area contributed by atoms with Gasteiger partial charge in [0.25, 0.3) is 0 Å². The monoisotopic (exact) mass is 413 g/mol. The van der Waals surface area contributed by atoms with Gasteiger partial charge >= 0.3 is 12.1 Å². The number of carbonyl (C=O) groups excluding carboxylic acids is 4. The van der Waals surface area contributed by atoms with E-state index in [2.05, 4.69) is 6.58 Å². The first-order chi connectivity index (χ1) is 13.4. The van der Waals surface area contributed by atoms with Gasteiger partial charge in [-0.05, 0) is 26.7 Å². The van der Waals surface area contributed by atoms with E-state index in [9.17, 15) is 19.2 Å². The molecule has 166 valence electrons. The summed E-state index contributed by atoms with van der Waals surface area (Å²) in [6.07, 6.45) is 0.755. The Bertz CT molecular complexity index is 607. The van der Waals surface area contributed by atoms with Crippen molar-refractivity contribution in [3.8, 4) is 0 Å². The molecular weight excluding hydrogens is 378 g/mol. The van der Waals surface area contributed by atoms with Crippen LogP contribution in [0.15, 0.2) is 12.7 Å². The van der Waals surface area contributed by atoms with Gasteiger partial charge in [0.15, 0.2) is 0 Å². The molecule has 0 spiro atoms. The topological polar surface area (TPSA) is 96.5 Å². The van der Waals surface area contributed by atoms with Gasteiger partial charge in [0.05, 0.1) is 6.61 Å². The predicted molar refractivity (Wildman–Crippen MR) is 109 cm³/mol. The highest BCUT2D eigenvalue weighted by molar-refractivity contribution is 5.92. The van der Waals surface area contributed by atoms with Crippen LogP contribution in [0, 0.1) is 5.92 Å². The number of nitrogens with zero attached hydrogens (tertiary/aromatic N) is 3. The highest BCUT2D eigenvalue weighted by Gasteiger charge is 2.34. The first-order valence-electron chi connectivity index (χ1n) is 9.57. The van der Waals surface area contributed by atoms with Gasteiger partial charge in [-0.1, -0.05) is 26.5 Å². The van der Waals surface area contributed by atoms with Crippen LogP contribution in [0.5, 0.6) is 0 Å². The highest BCUT2D eigenvalue weighted by Crippen LogP contribution is 2.10. The third kappa shape index (κ3) is 7.75. The fourth-order valence-electron chi connectivity index (χ4n) is 2.22. The lowest BCUT2D eigenvalue weighted by Gasteiger charge is -2.33. The summed E-state index contributed by atoms with van der Waals surface area (Å²) in [5, 5.41) is 0. The van der Waals surface area contributed by atoms with Gasteiger partial charge in [-0.25, -0.2) is 9.59 Å². The average molecular weight is 414 g/mol. The lowest BCUT2D eigenvalue weighted by molar-refractivity contribution is -0.156. The number of hydrogen-bond donors (Lipinski definition) is 0. The SMILES string of the molecule is C=CCOC(=O)N(C)C(C)C(=O)N(C)C(C)C(=O)N(C)C(C)C(=O)OCC(C)C. The van der Waals surface area contributed by atoms with Crippen LogP contribution in [0.3, 0.4) is 0 Å². The van der Waals surface area contributed by atoms with Gasteiger partial charge < -0.3 is 19.3 Å². The summed E-state index contributed by atoms with van der Waals surface area (Å²) in [5.41, 5.74) is 0. The van der Waals surface area contributed by atoms with Gasteiger partial charge in [-0.2, -0.15) is 0 Å². The van der Waals surface area contributed by atoms with Crippen LogP contribution in [0.4, 0.5) is 4.79 Å². The molecule has 0 aromatic heterocycles. The van der Waals surface area contributed by atoms with E-state index >= 15 is 0 Å². The minimum absolute atomic E-state index is 0.0321. The number of likely N-dealkylation sites (N-methyl/N-ethyl adjacent to an activating group) is 3. The predicted octanol–water partition coefficient (Wildman–Crippen LogP) is 1.52. The van der Waals surface area contributed by atoms with Crippen LogP contribution in [0.2, 0.25) is 0 Å². The molecule has 0 saturated carbocycles. The molecule has 0 aliphatic rings. The van der Waals surface area contributed by atoms with Crippen LogP contribution in [-0.2, 0) is 23.9 Å². The third-order valence-electron chi connectivity index (χ3n) is 4.67. The summed E-state index contributed by atoms with van der Waals surface area (Å²) in [5.74, 6) is -1.17. The van der Waals surface area contributed by atoms with Crippen molar-refractivity contribution in [2.24, 2.45) is 5.92 Å². The molecule has 0 heterocycles. The van der Waals surface area contributed by atoms with Gasteiger partial charge in [0, 0.05) is 21.1 Å². The van der Waals surface area contributed by atoms with Crippen LogP contribution >= 0.6 is 0 Å². The molecule has 0 radical (unpaired) electrons. The summed E-state index contributed by atoms with van der Waals surface area (Å²) in [6.45, 7) is 12.3. The van der Waals surface area contributed by atoms with Crippen molar-refractivity contribution in [2.45, 2.75) is 52.7 Å². The van der Waals surface area contributed by atoms with Crippen LogP contribution in [0.25, 0.3) is 0 Å². The van der Waals surface area contributed by atoms with Crippen molar-refractivity contribution < 1.29 is 28.7 Å². The van der Waals surface area contributed by atoms with Crippen LogP contribution in [0.1, 0.15) is 34.6 Å². The number of carbonyl (C=O) groups is 4. The standard InChI is InChI=1S/C20H35N3O6/c1-10-11-28-20(27)23(9)15(5)18(25)21(7)14(4)17(24)22(8)16(6)19(26)29-12-13(2)3/h10,13-16H,1,11-12H2,2-9H3. The molecule has 0 aliphatic carbocycles. The Balaban J connectivity index is 5.01. The Morgan fingerprint density at radius 1 is 0.793 bits per heavy atom. The van der Waals surface area contributed by atoms with E-state index in [1.165, 1.54) is 37.0 Å². The summed E-state index contributed by atoms with van der Waals surface area (Å²) in [4.78, 5) is 53.1. The van der Waals surface area contributed by atoms with Crippen molar-refractivity contribution in [3.05, 3.63) is 12.7 Å². The summed E-state index contributed by atoms with van der Waals surface area (Å²) >= 11 is 0.